The van der Waals surface area contributed by atoms with Gasteiger partial charge in [0.05, 0.1) is 6.42 Å². The van der Waals surface area contributed by atoms with Crippen molar-refractivity contribution in [2.75, 3.05) is 5.73 Å². The molecule has 0 aliphatic heterocycles. The summed E-state index contributed by atoms with van der Waals surface area (Å²) in [6.45, 7) is 0. The Hall–Kier alpha value is -1.66. The second-order valence-corrected chi connectivity index (χ2v) is 3.44. The molecule has 6 N–H and O–H groups in total. The van der Waals surface area contributed by atoms with Gasteiger partial charge in [0.25, 0.3) is 0 Å². The van der Waals surface area contributed by atoms with Crippen molar-refractivity contribution in [3.05, 3.63) is 29.8 Å². The van der Waals surface area contributed by atoms with Gasteiger partial charge in [-0.1, -0.05) is 12.1 Å². The summed E-state index contributed by atoms with van der Waals surface area (Å²) in [5.74, 6) is 4.96. The van der Waals surface area contributed by atoms with E-state index >= 15 is 0 Å². The fourth-order valence-corrected chi connectivity index (χ4v) is 1.19. The molecule has 0 aliphatic carbocycles. The van der Waals surface area contributed by atoms with E-state index in [0.29, 0.717) is 5.69 Å². The molecule has 1 aromatic carbocycles. The van der Waals surface area contributed by atoms with Crippen LogP contribution in [0.15, 0.2) is 24.3 Å². The molecule has 1 rings (SSSR count). The highest BCUT2D eigenvalue weighted by Gasteiger charge is 2.12. The summed E-state index contributed by atoms with van der Waals surface area (Å²) in [4.78, 5) is 11.5. The van der Waals surface area contributed by atoms with Gasteiger partial charge < -0.3 is 11.5 Å². The number of benzene rings is 1. The maximum Gasteiger partial charge on any atom is 0.247 e. The molecule has 6 heteroatoms. The fourth-order valence-electron chi connectivity index (χ4n) is 1.09. The van der Waals surface area contributed by atoms with Gasteiger partial charge in [0, 0.05) is 5.69 Å². The van der Waals surface area contributed by atoms with Crippen LogP contribution >= 0.6 is 12.2 Å². The number of nitrogens with zero attached hydrogens (tertiary/aromatic N) is 1. The summed E-state index contributed by atoms with van der Waals surface area (Å²) in [6, 6.07) is 6.98. The molecule has 0 radical (unpaired) electrons. The number of nitrogens with two attached hydrogens (primary N) is 3. The van der Waals surface area contributed by atoms with Crippen LogP contribution < -0.4 is 17.3 Å². The van der Waals surface area contributed by atoms with E-state index in [0.717, 1.165) is 10.6 Å². The summed E-state index contributed by atoms with van der Waals surface area (Å²) >= 11 is 4.57. The number of rotatable bonds is 2. The van der Waals surface area contributed by atoms with Crippen molar-refractivity contribution in [1.82, 2.24) is 5.01 Å². The molecule has 0 fully saturated rings. The zero-order valence-electron chi connectivity index (χ0n) is 8.01. The van der Waals surface area contributed by atoms with E-state index in [2.05, 4.69) is 12.2 Å². The van der Waals surface area contributed by atoms with Crippen molar-refractivity contribution >= 4 is 28.9 Å². The number of anilines is 1. The van der Waals surface area contributed by atoms with E-state index in [-0.39, 0.29) is 17.4 Å². The summed E-state index contributed by atoms with van der Waals surface area (Å²) in [5, 5.41) is 0.599. The highest BCUT2D eigenvalue weighted by Crippen LogP contribution is 2.07. The van der Waals surface area contributed by atoms with E-state index in [1.807, 2.05) is 0 Å². The number of hydrazine groups is 1. The highest BCUT2D eigenvalue weighted by atomic mass is 32.1. The third-order valence-electron chi connectivity index (χ3n) is 1.81. The van der Waals surface area contributed by atoms with Crippen molar-refractivity contribution in [2.45, 2.75) is 6.42 Å². The second kappa shape index (κ2) is 4.72. The number of thiocarbonyl (C=S) groups is 1. The SMILES string of the molecule is NC(=S)N(N)C(=O)Cc1cccc(N)c1. The average molecular weight is 224 g/mol. The quantitative estimate of drug-likeness (QED) is 0.212. The first-order chi connectivity index (χ1) is 7.00. The molecule has 0 saturated heterocycles. The molecule has 0 heterocycles. The Labute approximate surface area is 92.8 Å². The van der Waals surface area contributed by atoms with Crippen molar-refractivity contribution < 1.29 is 4.79 Å². The molecule has 80 valence electrons. The molecule has 5 nitrogen and oxygen atoms in total. The zero-order valence-corrected chi connectivity index (χ0v) is 8.83. The lowest BCUT2D eigenvalue weighted by Crippen LogP contribution is -2.46. The predicted molar refractivity (Wildman–Crippen MR) is 62.4 cm³/mol. The molecular formula is C9H12N4OS. The average Bonchev–Trinajstić information content (AvgIpc) is 2.16. The van der Waals surface area contributed by atoms with Gasteiger partial charge in [-0.05, 0) is 29.9 Å². The minimum absolute atomic E-state index is 0.124. The molecule has 0 spiro atoms. The number of amides is 1. The van der Waals surface area contributed by atoms with Crippen molar-refractivity contribution in [1.29, 1.82) is 0 Å². The van der Waals surface area contributed by atoms with Crippen LogP contribution in [0.25, 0.3) is 0 Å². The first kappa shape index (κ1) is 11.4. The number of hydrogen-bond donors (Lipinski definition) is 3. The summed E-state index contributed by atoms with van der Waals surface area (Å²) in [6.07, 6.45) is 0.124. The minimum Gasteiger partial charge on any atom is -0.399 e. The number of hydrogen-bond acceptors (Lipinski definition) is 4. The van der Waals surface area contributed by atoms with Crippen LogP contribution in [0.1, 0.15) is 5.56 Å². The van der Waals surface area contributed by atoms with E-state index in [9.17, 15) is 4.79 Å². The third kappa shape index (κ3) is 3.19. The van der Waals surface area contributed by atoms with Gasteiger partial charge >= 0.3 is 0 Å². The smallest absolute Gasteiger partial charge is 0.247 e. The van der Waals surface area contributed by atoms with E-state index in [1.165, 1.54) is 0 Å². The topological polar surface area (TPSA) is 98.4 Å². The Morgan fingerprint density at radius 1 is 1.47 bits per heavy atom. The molecular weight excluding hydrogens is 212 g/mol. The number of carbonyl (C=O) groups is 1. The summed E-state index contributed by atoms with van der Waals surface area (Å²) in [5.41, 5.74) is 12.1. The fraction of sp³-hybridized carbons (Fsp3) is 0.111. The van der Waals surface area contributed by atoms with Crippen LogP contribution in [-0.2, 0) is 11.2 Å². The van der Waals surface area contributed by atoms with Crippen LogP contribution in [0.5, 0.6) is 0 Å². The Bertz CT molecular complexity index is 393. The molecule has 1 aromatic rings. The van der Waals surface area contributed by atoms with Crippen LogP contribution in [0.3, 0.4) is 0 Å². The van der Waals surface area contributed by atoms with Crippen molar-refractivity contribution in [2.24, 2.45) is 11.6 Å². The van der Waals surface area contributed by atoms with Crippen LogP contribution in [0.2, 0.25) is 0 Å². The number of nitrogen functional groups attached to an aromatic ring is 1. The lowest BCUT2D eigenvalue weighted by molar-refractivity contribution is -0.126. The van der Waals surface area contributed by atoms with Crippen LogP contribution in [0, 0.1) is 0 Å². The van der Waals surface area contributed by atoms with Gasteiger partial charge in [-0.2, -0.15) is 0 Å². The Morgan fingerprint density at radius 2 is 2.13 bits per heavy atom. The largest absolute Gasteiger partial charge is 0.399 e. The predicted octanol–water partition coefficient (Wildman–Crippen LogP) is -0.243. The second-order valence-electron chi connectivity index (χ2n) is 3.02. The Balaban J connectivity index is 2.70. The monoisotopic (exact) mass is 224 g/mol. The van der Waals surface area contributed by atoms with Crippen LogP contribution in [-0.4, -0.2) is 16.0 Å². The molecule has 0 atom stereocenters. The molecule has 15 heavy (non-hydrogen) atoms. The normalized spacial score (nSPS) is 9.67. The molecule has 0 unspecified atom stereocenters. The van der Waals surface area contributed by atoms with Gasteiger partial charge in [-0.3, -0.25) is 4.79 Å². The van der Waals surface area contributed by atoms with E-state index < -0.39 is 0 Å². The van der Waals surface area contributed by atoms with Crippen LogP contribution in [0.4, 0.5) is 5.69 Å². The van der Waals surface area contributed by atoms with Gasteiger partial charge in [-0.15, -0.1) is 0 Å². The lowest BCUT2D eigenvalue weighted by atomic mass is 10.1. The highest BCUT2D eigenvalue weighted by molar-refractivity contribution is 7.80. The Kier molecular flexibility index (Phi) is 3.59. The standard InChI is InChI=1S/C9H12N4OS/c10-7-3-1-2-6(4-7)5-8(14)13(12)9(11)15/h1-4H,5,10,12H2,(H2,11,15). The first-order valence-corrected chi connectivity index (χ1v) is 4.63. The van der Waals surface area contributed by atoms with E-state index in [1.54, 1.807) is 24.3 Å². The first-order valence-electron chi connectivity index (χ1n) is 4.22. The number of carbonyl (C=O) groups excluding carboxylic acids is 1. The molecule has 0 saturated carbocycles. The zero-order chi connectivity index (χ0) is 11.4. The van der Waals surface area contributed by atoms with Gasteiger partial charge in [-0.25, -0.2) is 10.9 Å². The maximum atomic E-state index is 11.5. The Morgan fingerprint density at radius 3 is 2.67 bits per heavy atom. The lowest BCUT2D eigenvalue weighted by Gasteiger charge is -2.13. The minimum atomic E-state index is -0.367. The molecule has 0 aromatic heterocycles. The van der Waals surface area contributed by atoms with Gasteiger partial charge in [0.1, 0.15) is 0 Å². The van der Waals surface area contributed by atoms with Gasteiger partial charge in [0.2, 0.25) is 5.91 Å². The van der Waals surface area contributed by atoms with Gasteiger partial charge in [0.15, 0.2) is 5.11 Å². The van der Waals surface area contributed by atoms with Crippen molar-refractivity contribution in [3.8, 4) is 0 Å². The molecule has 1 amide bonds. The summed E-state index contributed by atoms with van der Waals surface area (Å²) in [7, 11) is 0. The third-order valence-corrected chi connectivity index (χ3v) is 2.01. The van der Waals surface area contributed by atoms with E-state index in [4.69, 9.17) is 17.3 Å². The summed E-state index contributed by atoms with van der Waals surface area (Å²) < 4.78 is 0. The van der Waals surface area contributed by atoms with Crippen molar-refractivity contribution in [3.63, 3.8) is 0 Å². The maximum absolute atomic E-state index is 11.5. The molecule has 0 aliphatic rings. The molecule has 0 bridgehead atoms.